The molecule has 1 atom stereocenters. The molecule has 0 unspecified atom stereocenters. The second-order valence-electron chi connectivity index (χ2n) is 2.10. The number of rotatable bonds is 4. The molecule has 0 heterocycles. The minimum absolute atomic E-state index is 0.192. The molecule has 0 bridgehead atoms. The van der Waals surface area contributed by atoms with Crippen LogP contribution < -0.4 is 22.5 Å². The van der Waals surface area contributed by atoms with Gasteiger partial charge in [0.1, 0.15) is 6.67 Å². The molecule has 74 valence electrons. The van der Waals surface area contributed by atoms with Gasteiger partial charge in [0.2, 0.25) is 5.91 Å². The number of amides is 1. The molecule has 13 heavy (non-hydrogen) atoms. The van der Waals surface area contributed by atoms with E-state index in [9.17, 15) is 9.59 Å². The molecule has 0 radical (unpaired) electrons. The molecule has 0 aromatic rings. The summed E-state index contributed by atoms with van der Waals surface area (Å²) in [6.07, 6.45) is 0. The highest BCUT2D eigenvalue weighted by molar-refractivity contribution is 6.00. The van der Waals surface area contributed by atoms with Crippen molar-refractivity contribution in [2.75, 3.05) is 6.67 Å². The fourth-order valence-corrected chi connectivity index (χ4v) is 0.431. The number of aliphatic imine (C=N–C) groups is 1. The lowest BCUT2D eigenvalue weighted by Crippen LogP contribution is -2.46. The van der Waals surface area contributed by atoms with E-state index in [1.807, 2.05) is 0 Å². The second kappa shape index (κ2) is 4.93. The van der Waals surface area contributed by atoms with Crippen LogP contribution in [0.25, 0.3) is 0 Å². The van der Waals surface area contributed by atoms with E-state index in [2.05, 4.69) is 10.3 Å². The number of nitrogens with one attached hydrogen (secondary N) is 1. The first-order chi connectivity index (χ1) is 5.95. The minimum atomic E-state index is -1.60. The first kappa shape index (κ1) is 11.2. The average molecular weight is 189 g/mol. The number of nitrogens with two attached hydrogens (primary N) is 3. The number of guanidine groups is 1. The predicted octanol–water partition coefficient (Wildman–Crippen LogP) is -3.25. The standard InChI is InChI=1S/C5H11N5O3/c6-2(4(12)13)3(11)9-1-10-5(7)8/h2H,1,6H2,(H,9,11)(H,12,13)(H4,7,8,10)/t2-/m0/s1. The number of carbonyl (C=O) groups excluding carboxylic acids is 1. The number of aliphatic carboxylic acids is 1. The van der Waals surface area contributed by atoms with Gasteiger partial charge >= 0.3 is 5.97 Å². The Morgan fingerprint density at radius 2 is 2.00 bits per heavy atom. The van der Waals surface area contributed by atoms with Crippen molar-refractivity contribution in [1.82, 2.24) is 5.32 Å². The van der Waals surface area contributed by atoms with E-state index in [0.717, 1.165) is 0 Å². The summed E-state index contributed by atoms with van der Waals surface area (Å²) in [4.78, 5) is 24.4. The summed E-state index contributed by atoms with van der Waals surface area (Å²) < 4.78 is 0. The van der Waals surface area contributed by atoms with Crippen molar-refractivity contribution < 1.29 is 14.7 Å². The maximum absolute atomic E-state index is 10.8. The Balaban J connectivity index is 3.89. The van der Waals surface area contributed by atoms with Crippen molar-refractivity contribution >= 4 is 17.8 Å². The van der Waals surface area contributed by atoms with E-state index in [0.29, 0.717) is 0 Å². The highest BCUT2D eigenvalue weighted by Gasteiger charge is 2.19. The van der Waals surface area contributed by atoms with E-state index < -0.39 is 17.9 Å². The van der Waals surface area contributed by atoms with Crippen LogP contribution in [0.15, 0.2) is 4.99 Å². The van der Waals surface area contributed by atoms with Gasteiger partial charge in [-0.2, -0.15) is 0 Å². The van der Waals surface area contributed by atoms with Gasteiger partial charge in [0.05, 0.1) is 0 Å². The fraction of sp³-hybridized carbons (Fsp3) is 0.400. The summed E-state index contributed by atoms with van der Waals surface area (Å²) in [6, 6.07) is -1.60. The highest BCUT2D eigenvalue weighted by Crippen LogP contribution is 1.78. The molecule has 0 spiro atoms. The van der Waals surface area contributed by atoms with Crippen molar-refractivity contribution in [1.29, 1.82) is 0 Å². The SMILES string of the molecule is NC(N)=NCNC(=O)[C@H](N)C(=O)O. The Morgan fingerprint density at radius 3 is 2.38 bits per heavy atom. The van der Waals surface area contributed by atoms with E-state index in [1.165, 1.54) is 0 Å². The van der Waals surface area contributed by atoms with Crippen LogP contribution in [-0.4, -0.2) is 35.7 Å². The Labute approximate surface area is 73.8 Å². The third-order valence-corrected chi connectivity index (χ3v) is 1.06. The lowest BCUT2D eigenvalue weighted by Gasteiger charge is -2.05. The minimum Gasteiger partial charge on any atom is -0.480 e. The molecule has 0 aromatic heterocycles. The summed E-state index contributed by atoms with van der Waals surface area (Å²) in [5, 5.41) is 10.4. The van der Waals surface area contributed by atoms with Gasteiger partial charge in [0.15, 0.2) is 12.0 Å². The van der Waals surface area contributed by atoms with Gasteiger partial charge in [-0.3, -0.25) is 4.79 Å². The van der Waals surface area contributed by atoms with Crippen LogP contribution in [0.3, 0.4) is 0 Å². The fourth-order valence-electron chi connectivity index (χ4n) is 0.431. The maximum atomic E-state index is 10.8. The topological polar surface area (TPSA) is 157 Å². The monoisotopic (exact) mass is 189 g/mol. The molecule has 0 saturated heterocycles. The van der Waals surface area contributed by atoms with Crippen LogP contribution in [0, 0.1) is 0 Å². The van der Waals surface area contributed by atoms with Crippen LogP contribution >= 0.6 is 0 Å². The molecule has 8 N–H and O–H groups in total. The first-order valence-electron chi connectivity index (χ1n) is 3.26. The van der Waals surface area contributed by atoms with Gasteiger partial charge in [-0.25, -0.2) is 9.79 Å². The molecule has 0 fully saturated rings. The molecule has 8 heteroatoms. The molecule has 0 aliphatic heterocycles. The molecule has 8 nitrogen and oxygen atoms in total. The zero-order chi connectivity index (χ0) is 10.4. The highest BCUT2D eigenvalue weighted by atomic mass is 16.4. The van der Waals surface area contributed by atoms with Crippen molar-refractivity contribution in [3.8, 4) is 0 Å². The van der Waals surface area contributed by atoms with Gasteiger partial charge in [-0.1, -0.05) is 0 Å². The summed E-state index contributed by atoms with van der Waals surface area (Å²) in [5.41, 5.74) is 14.8. The van der Waals surface area contributed by atoms with Crippen LogP contribution in [0.2, 0.25) is 0 Å². The van der Waals surface area contributed by atoms with Crippen molar-refractivity contribution in [3.05, 3.63) is 0 Å². The predicted molar refractivity (Wildman–Crippen MR) is 44.4 cm³/mol. The smallest absolute Gasteiger partial charge is 0.330 e. The lowest BCUT2D eigenvalue weighted by molar-refractivity contribution is -0.142. The van der Waals surface area contributed by atoms with Gasteiger partial charge in [0.25, 0.3) is 0 Å². The summed E-state index contributed by atoms with van der Waals surface area (Å²) in [7, 11) is 0. The zero-order valence-electron chi connectivity index (χ0n) is 6.73. The van der Waals surface area contributed by atoms with Crippen molar-refractivity contribution in [2.45, 2.75) is 6.04 Å². The van der Waals surface area contributed by atoms with Crippen LogP contribution in [0.4, 0.5) is 0 Å². The molecule has 0 saturated carbocycles. The summed E-state index contributed by atoms with van der Waals surface area (Å²) in [6.45, 7) is -0.192. The van der Waals surface area contributed by atoms with Gasteiger partial charge < -0.3 is 27.6 Å². The Bertz CT molecular complexity index is 234. The van der Waals surface area contributed by atoms with Crippen molar-refractivity contribution in [3.63, 3.8) is 0 Å². The van der Waals surface area contributed by atoms with Crippen LogP contribution in [0.1, 0.15) is 0 Å². The lowest BCUT2D eigenvalue weighted by atomic mass is 10.3. The number of carboxylic acid groups (broad SMARTS) is 1. The molecule has 0 aliphatic carbocycles. The van der Waals surface area contributed by atoms with Gasteiger partial charge in [-0.05, 0) is 0 Å². The van der Waals surface area contributed by atoms with Crippen LogP contribution in [-0.2, 0) is 9.59 Å². The summed E-state index contributed by atoms with van der Waals surface area (Å²) >= 11 is 0. The van der Waals surface area contributed by atoms with Gasteiger partial charge in [0, 0.05) is 0 Å². The number of carbonyl (C=O) groups is 2. The second-order valence-corrected chi connectivity index (χ2v) is 2.10. The van der Waals surface area contributed by atoms with E-state index >= 15 is 0 Å². The van der Waals surface area contributed by atoms with Gasteiger partial charge in [-0.15, -0.1) is 0 Å². The Hall–Kier alpha value is -1.83. The number of hydrogen-bond acceptors (Lipinski definition) is 4. The average Bonchev–Trinajstić information content (AvgIpc) is 2.02. The Kier molecular flexibility index (Phi) is 4.24. The molecule has 1 amide bonds. The van der Waals surface area contributed by atoms with Crippen LogP contribution in [0.5, 0.6) is 0 Å². The third kappa shape index (κ3) is 4.58. The number of hydrogen-bond donors (Lipinski definition) is 5. The molecule has 0 aromatic carbocycles. The molecule has 0 aliphatic rings. The normalized spacial score (nSPS) is 11.5. The molecule has 0 rings (SSSR count). The first-order valence-corrected chi connectivity index (χ1v) is 3.26. The molecular formula is C5H11N5O3. The Morgan fingerprint density at radius 1 is 1.46 bits per heavy atom. The van der Waals surface area contributed by atoms with E-state index in [-0.39, 0.29) is 12.6 Å². The third-order valence-electron chi connectivity index (χ3n) is 1.06. The van der Waals surface area contributed by atoms with Crippen molar-refractivity contribution in [2.24, 2.45) is 22.2 Å². The van der Waals surface area contributed by atoms with E-state index in [1.54, 1.807) is 0 Å². The molecular weight excluding hydrogens is 178 g/mol. The quantitative estimate of drug-likeness (QED) is 0.177. The maximum Gasteiger partial charge on any atom is 0.330 e. The van der Waals surface area contributed by atoms with E-state index in [4.69, 9.17) is 22.3 Å². The number of carboxylic acids is 1. The zero-order valence-corrected chi connectivity index (χ0v) is 6.73. The largest absolute Gasteiger partial charge is 0.480 e. The summed E-state index contributed by atoms with van der Waals surface area (Å²) in [5.74, 6) is -2.47. The number of nitrogens with zero attached hydrogens (tertiary/aromatic N) is 1.